The van der Waals surface area contributed by atoms with Crippen LogP contribution in [0.25, 0.3) is 0 Å². The Balaban J connectivity index is 1.54. The summed E-state index contributed by atoms with van der Waals surface area (Å²) in [6, 6.07) is 1.36. The second-order valence-electron chi connectivity index (χ2n) is 7.32. The molecular formula is C17H32N2O2. The maximum atomic E-state index is 5.87. The first-order valence-corrected chi connectivity index (χ1v) is 8.93. The minimum Gasteiger partial charge on any atom is -0.348 e. The maximum Gasteiger partial charge on any atom is 0.168 e. The topological polar surface area (TPSA) is 33.7 Å². The van der Waals surface area contributed by atoms with E-state index in [-0.39, 0.29) is 5.79 Å². The summed E-state index contributed by atoms with van der Waals surface area (Å²) in [5.41, 5.74) is 0. The van der Waals surface area contributed by atoms with E-state index in [1.54, 1.807) is 0 Å². The summed E-state index contributed by atoms with van der Waals surface area (Å²) in [5.74, 6) is 0.664. The van der Waals surface area contributed by atoms with Gasteiger partial charge < -0.3 is 14.8 Å². The molecule has 21 heavy (non-hydrogen) atoms. The average Bonchev–Trinajstić information content (AvgIpc) is 2.95. The van der Waals surface area contributed by atoms with E-state index in [4.69, 9.17) is 9.47 Å². The van der Waals surface area contributed by atoms with Crippen LogP contribution in [0.1, 0.15) is 52.4 Å². The van der Waals surface area contributed by atoms with Gasteiger partial charge in [-0.3, -0.25) is 4.90 Å². The number of piperidine rings is 1. The second kappa shape index (κ2) is 6.95. The van der Waals surface area contributed by atoms with Gasteiger partial charge in [0.2, 0.25) is 0 Å². The van der Waals surface area contributed by atoms with Crippen molar-refractivity contribution in [3.05, 3.63) is 0 Å². The molecule has 2 aliphatic heterocycles. The van der Waals surface area contributed by atoms with Gasteiger partial charge in [0.15, 0.2) is 5.79 Å². The number of nitrogens with zero attached hydrogens (tertiary/aromatic N) is 1. The van der Waals surface area contributed by atoms with Crippen LogP contribution in [0.3, 0.4) is 0 Å². The van der Waals surface area contributed by atoms with Crippen molar-refractivity contribution in [3.63, 3.8) is 0 Å². The average molecular weight is 296 g/mol. The van der Waals surface area contributed by atoms with E-state index in [1.807, 2.05) is 0 Å². The fourth-order valence-corrected chi connectivity index (χ4v) is 4.30. The smallest absolute Gasteiger partial charge is 0.168 e. The number of hydrogen-bond donors (Lipinski definition) is 1. The first kappa shape index (κ1) is 15.7. The zero-order chi connectivity index (χ0) is 14.7. The molecule has 0 atom stereocenters. The predicted molar refractivity (Wildman–Crippen MR) is 84.3 cm³/mol. The van der Waals surface area contributed by atoms with Gasteiger partial charge in [-0.05, 0) is 58.5 Å². The SMILES string of the molecule is CC(C)N(CC1CCNCC1)C1CCC2(CC1)OCCO2. The van der Waals surface area contributed by atoms with E-state index in [9.17, 15) is 0 Å². The van der Waals surface area contributed by atoms with Crippen LogP contribution in [-0.4, -0.2) is 55.6 Å². The molecule has 3 fully saturated rings. The molecule has 4 heteroatoms. The summed E-state index contributed by atoms with van der Waals surface area (Å²) < 4.78 is 11.7. The Bertz CT molecular complexity index is 313. The lowest BCUT2D eigenvalue weighted by Crippen LogP contribution is -2.49. The summed E-state index contributed by atoms with van der Waals surface area (Å²) >= 11 is 0. The van der Waals surface area contributed by atoms with E-state index in [0.29, 0.717) is 6.04 Å². The molecule has 122 valence electrons. The third kappa shape index (κ3) is 3.79. The molecule has 4 nitrogen and oxygen atoms in total. The lowest BCUT2D eigenvalue weighted by atomic mass is 9.87. The normalized spacial score (nSPS) is 28.0. The summed E-state index contributed by atoms with van der Waals surface area (Å²) in [6.07, 6.45) is 7.28. The molecule has 3 aliphatic rings. The number of ether oxygens (including phenoxy) is 2. The van der Waals surface area contributed by atoms with Gasteiger partial charge in [0.25, 0.3) is 0 Å². The van der Waals surface area contributed by atoms with E-state index in [2.05, 4.69) is 24.1 Å². The molecule has 3 rings (SSSR count). The standard InChI is InChI=1S/C17H32N2O2/c1-14(2)19(13-15-5-9-18-10-6-15)16-3-7-17(8-4-16)20-11-12-21-17/h14-16,18H,3-13H2,1-2H3. The van der Waals surface area contributed by atoms with Crippen LogP contribution in [0.5, 0.6) is 0 Å². The number of hydrogen-bond acceptors (Lipinski definition) is 4. The fourth-order valence-electron chi connectivity index (χ4n) is 4.30. The van der Waals surface area contributed by atoms with E-state index in [0.717, 1.165) is 38.0 Å². The number of rotatable bonds is 4. The highest BCUT2D eigenvalue weighted by molar-refractivity contribution is 4.88. The Labute approximate surface area is 129 Å². The van der Waals surface area contributed by atoms with Crippen LogP contribution in [0.15, 0.2) is 0 Å². The summed E-state index contributed by atoms with van der Waals surface area (Å²) in [5, 5.41) is 3.48. The number of nitrogens with one attached hydrogen (secondary N) is 1. The van der Waals surface area contributed by atoms with Crippen molar-refractivity contribution in [1.29, 1.82) is 0 Å². The van der Waals surface area contributed by atoms with Gasteiger partial charge in [-0.15, -0.1) is 0 Å². The quantitative estimate of drug-likeness (QED) is 0.863. The molecule has 0 unspecified atom stereocenters. The third-order valence-corrected chi connectivity index (χ3v) is 5.59. The highest BCUT2D eigenvalue weighted by Gasteiger charge is 2.42. The molecule has 0 amide bonds. The Morgan fingerprint density at radius 2 is 1.67 bits per heavy atom. The first-order valence-electron chi connectivity index (χ1n) is 8.93. The van der Waals surface area contributed by atoms with Crippen molar-refractivity contribution < 1.29 is 9.47 Å². The van der Waals surface area contributed by atoms with Gasteiger partial charge in [-0.25, -0.2) is 0 Å². The highest BCUT2D eigenvalue weighted by atomic mass is 16.7. The zero-order valence-electron chi connectivity index (χ0n) is 13.8. The molecule has 1 spiro atoms. The molecule has 0 bridgehead atoms. The van der Waals surface area contributed by atoms with E-state index in [1.165, 1.54) is 45.3 Å². The van der Waals surface area contributed by atoms with Gasteiger partial charge in [0.05, 0.1) is 13.2 Å². The highest BCUT2D eigenvalue weighted by Crippen LogP contribution is 2.38. The molecule has 1 saturated carbocycles. The molecule has 1 N–H and O–H groups in total. The summed E-state index contributed by atoms with van der Waals surface area (Å²) in [7, 11) is 0. The molecule has 0 radical (unpaired) electrons. The molecule has 0 aromatic rings. The van der Waals surface area contributed by atoms with Gasteiger partial charge in [-0.2, -0.15) is 0 Å². The Morgan fingerprint density at radius 3 is 2.24 bits per heavy atom. The van der Waals surface area contributed by atoms with Crippen LogP contribution in [0.4, 0.5) is 0 Å². The van der Waals surface area contributed by atoms with Crippen LogP contribution in [-0.2, 0) is 9.47 Å². The minimum absolute atomic E-state index is 0.214. The summed E-state index contributed by atoms with van der Waals surface area (Å²) in [6.45, 7) is 9.96. The third-order valence-electron chi connectivity index (χ3n) is 5.59. The van der Waals surface area contributed by atoms with Crippen molar-refractivity contribution in [2.45, 2.75) is 70.2 Å². The van der Waals surface area contributed by atoms with Gasteiger partial charge >= 0.3 is 0 Å². The molecule has 1 aliphatic carbocycles. The van der Waals surface area contributed by atoms with Crippen LogP contribution in [0.2, 0.25) is 0 Å². The van der Waals surface area contributed by atoms with Gasteiger partial charge in [0, 0.05) is 31.5 Å². The van der Waals surface area contributed by atoms with Crippen LogP contribution >= 0.6 is 0 Å². The van der Waals surface area contributed by atoms with E-state index >= 15 is 0 Å². The first-order chi connectivity index (χ1) is 10.2. The van der Waals surface area contributed by atoms with Crippen molar-refractivity contribution in [1.82, 2.24) is 10.2 Å². The second-order valence-corrected chi connectivity index (χ2v) is 7.32. The van der Waals surface area contributed by atoms with Gasteiger partial charge in [0.1, 0.15) is 0 Å². The van der Waals surface area contributed by atoms with Crippen molar-refractivity contribution in [2.75, 3.05) is 32.8 Å². The van der Waals surface area contributed by atoms with Crippen LogP contribution in [0, 0.1) is 5.92 Å². The maximum absolute atomic E-state index is 5.87. The fraction of sp³-hybridized carbons (Fsp3) is 1.00. The minimum atomic E-state index is -0.214. The molecule has 0 aromatic heterocycles. The zero-order valence-corrected chi connectivity index (χ0v) is 13.8. The summed E-state index contributed by atoms with van der Waals surface area (Å²) in [4.78, 5) is 2.76. The Kier molecular flexibility index (Phi) is 5.20. The van der Waals surface area contributed by atoms with Gasteiger partial charge in [-0.1, -0.05) is 0 Å². The lowest BCUT2D eigenvalue weighted by molar-refractivity contribution is -0.185. The monoisotopic (exact) mass is 296 g/mol. The molecule has 0 aromatic carbocycles. The van der Waals surface area contributed by atoms with Crippen molar-refractivity contribution >= 4 is 0 Å². The molecule has 2 heterocycles. The molecular weight excluding hydrogens is 264 g/mol. The van der Waals surface area contributed by atoms with Crippen LogP contribution < -0.4 is 5.32 Å². The Hall–Kier alpha value is -0.160. The lowest BCUT2D eigenvalue weighted by Gasteiger charge is -2.43. The molecule has 2 saturated heterocycles. The van der Waals surface area contributed by atoms with E-state index < -0.39 is 0 Å². The largest absolute Gasteiger partial charge is 0.348 e. The van der Waals surface area contributed by atoms with Crippen molar-refractivity contribution in [3.8, 4) is 0 Å². The Morgan fingerprint density at radius 1 is 1.05 bits per heavy atom. The van der Waals surface area contributed by atoms with Crippen molar-refractivity contribution in [2.24, 2.45) is 5.92 Å². The predicted octanol–water partition coefficient (Wildman–Crippen LogP) is 2.38.